The van der Waals surface area contributed by atoms with Crippen molar-refractivity contribution in [3.05, 3.63) is 77.3 Å². The summed E-state index contributed by atoms with van der Waals surface area (Å²) in [5, 5.41) is 0.729. The highest BCUT2D eigenvalue weighted by atomic mass is 79.9. The Labute approximate surface area is 169 Å². The number of carbonyl (C=O) groups excluding carboxylic acids is 1. The van der Waals surface area contributed by atoms with Crippen molar-refractivity contribution in [2.24, 2.45) is 0 Å². The molecule has 0 aliphatic heterocycles. The van der Waals surface area contributed by atoms with Gasteiger partial charge in [0.15, 0.2) is 5.13 Å². The Bertz CT molecular complexity index is 1030. The van der Waals surface area contributed by atoms with Gasteiger partial charge in [0.25, 0.3) is 5.91 Å². The van der Waals surface area contributed by atoms with Crippen molar-refractivity contribution in [2.45, 2.75) is 13.0 Å². The number of thiazole rings is 1. The number of aryl methyl sites for hydroxylation is 1. The normalized spacial score (nSPS) is 11.0. The Morgan fingerprint density at radius 1 is 1.19 bits per heavy atom. The molecular formula is C20H17BrN4OS. The first-order chi connectivity index (χ1) is 13.2. The van der Waals surface area contributed by atoms with Crippen molar-refractivity contribution in [3.63, 3.8) is 0 Å². The number of hydrogen-bond acceptors (Lipinski definition) is 4. The van der Waals surface area contributed by atoms with E-state index in [4.69, 9.17) is 4.98 Å². The maximum Gasteiger partial charge on any atom is 0.260 e. The lowest BCUT2D eigenvalue weighted by molar-refractivity contribution is 0.0986. The molecule has 4 rings (SSSR count). The lowest BCUT2D eigenvalue weighted by Gasteiger charge is -2.20. The van der Waals surface area contributed by atoms with Crippen LogP contribution in [0.4, 0.5) is 5.13 Å². The van der Waals surface area contributed by atoms with E-state index >= 15 is 0 Å². The maximum atomic E-state index is 13.2. The molecule has 0 atom stereocenters. The molecule has 2 aromatic carbocycles. The molecule has 1 amide bonds. The summed E-state index contributed by atoms with van der Waals surface area (Å²) in [5.41, 5.74) is 1.56. The van der Waals surface area contributed by atoms with E-state index in [0.717, 1.165) is 32.8 Å². The highest BCUT2D eigenvalue weighted by molar-refractivity contribution is 9.10. The molecule has 0 unspecified atom stereocenters. The minimum atomic E-state index is -0.0408. The van der Waals surface area contributed by atoms with Crippen LogP contribution in [-0.4, -0.2) is 27.0 Å². The van der Waals surface area contributed by atoms with E-state index in [2.05, 4.69) is 20.9 Å². The summed E-state index contributed by atoms with van der Waals surface area (Å²) < 4.78 is 3.98. The van der Waals surface area contributed by atoms with E-state index in [9.17, 15) is 4.79 Å². The third kappa shape index (κ3) is 4.09. The molecule has 0 aliphatic rings. The fraction of sp³-hybridized carbons (Fsp3) is 0.150. The largest absolute Gasteiger partial charge is 0.337 e. The SMILES string of the molecule is O=C(c1cccc(Br)c1)N(CCCn1ccnc1)c1nc2ccccc2s1. The summed E-state index contributed by atoms with van der Waals surface area (Å²) in [5.74, 6) is -0.0408. The number of nitrogens with zero attached hydrogens (tertiary/aromatic N) is 4. The third-order valence-electron chi connectivity index (χ3n) is 4.19. The molecule has 0 saturated carbocycles. The van der Waals surface area contributed by atoms with Crippen LogP contribution in [0, 0.1) is 0 Å². The molecule has 0 saturated heterocycles. The summed E-state index contributed by atoms with van der Waals surface area (Å²) in [6.45, 7) is 1.39. The van der Waals surface area contributed by atoms with Crippen molar-refractivity contribution in [1.82, 2.24) is 14.5 Å². The van der Waals surface area contributed by atoms with E-state index in [1.54, 1.807) is 28.8 Å². The van der Waals surface area contributed by atoms with Gasteiger partial charge in [-0.1, -0.05) is 45.5 Å². The van der Waals surface area contributed by atoms with E-state index in [-0.39, 0.29) is 5.91 Å². The van der Waals surface area contributed by atoms with Crippen LogP contribution in [0.25, 0.3) is 10.2 Å². The van der Waals surface area contributed by atoms with Gasteiger partial charge in [0.1, 0.15) is 0 Å². The van der Waals surface area contributed by atoms with Crippen LogP contribution in [0.15, 0.2) is 71.7 Å². The Balaban J connectivity index is 1.62. The second-order valence-electron chi connectivity index (χ2n) is 6.09. The number of aromatic nitrogens is 3. The average molecular weight is 441 g/mol. The zero-order valence-electron chi connectivity index (χ0n) is 14.5. The van der Waals surface area contributed by atoms with Crippen molar-refractivity contribution in [2.75, 3.05) is 11.4 Å². The van der Waals surface area contributed by atoms with Gasteiger partial charge in [-0.2, -0.15) is 0 Å². The lowest BCUT2D eigenvalue weighted by atomic mass is 10.2. The number of anilines is 1. The zero-order chi connectivity index (χ0) is 18.6. The highest BCUT2D eigenvalue weighted by Crippen LogP contribution is 2.30. The van der Waals surface area contributed by atoms with Gasteiger partial charge in [0.05, 0.1) is 16.5 Å². The van der Waals surface area contributed by atoms with Gasteiger partial charge >= 0.3 is 0 Å². The molecular weight excluding hydrogens is 424 g/mol. The minimum absolute atomic E-state index is 0.0408. The number of benzene rings is 2. The van der Waals surface area contributed by atoms with Gasteiger partial charge in [-0.25, -0.2) is 9.97 Å². The van der Waals surface area contributed by atoms with Gasteiger partial charge in [-0.3, -0.25) is 9.69 Å². The summed E-state index contributed by atoms with van der Waals surface area (Å²) in [4.78, 5) is 23.8. The van der Waals surface area contributed by atoms with Crippen LogP contribution in [-0.2, 0) is 6.54 Å². The summed E-state index contributed by atoms with van der Waals surface area (Å²) in [6, 6.07) is 15.4. The molecule has 5 nitrogen and oxygen atoms in total. The van der Waals surface area contributed by atoms with Crippen LogP contribution >= 0.6 is 27.3 Å². The van der Waals surface area contributed by atoms with Crippen LogP contribution in [0.1, 0.15) is 16.8 Å². The quantitative estimate of drug-likeness (QED) is 0.424. The first kappa shape index (κ1) is 17.9. The first-order valence-electron chi connectivity index (χ1n) is 8.59. The Kier molecular flexibility index (Phi) is 5.31. The number of halogens is 1. The van der Waals surface area contributed by atoms with Crippen molar-refractivity contribution < 1.29 is 4.79 Å². The maximum absolute atomic E-state index is 13.2. The molecule has 7 heteroatoms. The molecule has 0 radical (unpaired) electrons. The lowest BCUT2D eigenvalue weighted by Crippen LogP contribution is -2.32. The van der Waals surface area contributed by atoms with E-state index in [0.29, 0.717) is 12.1 Å². The number of carbonyl (C=O) groups is 1. The van der Waals surface area contributed by atoms with Crippen LogP contribution in [0.5, 0.6) is 0 Å². The Hall–Kier alpha value is -2.51. The fourth-order valence-electron chi connectivity index (χ4n) is 2.87. The Morgan fingerprint density at radius 2 is 2.07 bits per heavy atom. The molecule has 2 heterocycles. The van der Waals surface area contributed by atoms with Crippen molar-refractivity contribution >= 4 is 48.5 Å². The first-order valence-corrected chi connectivity index (χ1v) is 10.2. The van der Waals surface area contributed by atoms with Gasteiger partial charge < -0.3 is 4.57 Å². The summed E-state index contributed by atoms with van der Waals surface area (Å²) in [7, 11) is 0. The molecule has 27 heavy (non-hydrogen) atoms. The smallest absolute Gasteiger partial charge is 0.260 e. The van der Waals surface area contributed by atoms with Crippen molar-refractivity contribution in [3.8, 4) is 0 Å². The van der Waals surface area contributed by atoms with Crippen LogP contribution in [0.2, 0.25) is 0 Å². The number of para-hydroxylation sites is 1. The van der Waals surface area contributed by atoms with Crippen LogP contribution in [0.3, 0.4) is 0 Å². The van der Waals surface area contributed by atoms with Crippen molar-refractivity contribution in [1.29, 1.82) is 0 Å². The standard InChI is InChI=1S/C20H17BrN4OS/c21-16-6-3-5-15(13-16)19(26)25(11-4-10-24-12-9-22-14-24)20-23-17-7-1-2-8-18(17)27-20/h1-3,5-9,12-14H,4,10-11H2. The number of rotatable bonds is 6. The average Bonchev–Trinajstić information content (AvgIpc) is 3.34. The molecule has 2 aromatic heterocycles. The molecule has 4 aromatic rings. The Morgan fingerprint density at radius 3 is 2.85 bits per heavy atom. The molecule has 0 aliphatic carbocycles. The minimum Gasteiger partial charge on any atom is -0.337 e. The van der Waals surface area contributed by atoms with E-state index < -0.39 is 0 Å². The van der Waals surface area contributed by atoms with Gasteiger partial charge in [-0.15, -0.1) is 0 Å². The second kappa shape index (κ2) is 8.02. The fourth-order valence-corrected chi connectivity index (χ4v) is 4.26. The van der Waals surface area contributed by atoms with Gasteiger partial charge in [0, 0.05) is 35.5 Å². The predicted octanol–water partition coefficient (Wildman–Crippen LogP) is 4.99. The summed E-state index contributed by atoms with van der Waals surface area (Å²) in [6.07, 6.45) is 6.29. The van der Waals surface area contributed by atoms with E-state index in [1.807, 2.05) is 59.3 Å². The summed E-state index contributed by atoms with van der Waals surface area (Å²) >= 11 is 4.99. The van der Waals surface area contributed by atoms with Gasteiger partial charge in [-0.05, 0) is 36.8 Å². The zero-order valence-corrected chi connectivity index (χ0v) is 16.9. The molecule has 0 fully saturated rings. The second-order valence-corrected chi connectivity index (χ2v) is 8.01. The predicted molar refractivity (Wildman–Crippen MR) is 112 cm³/mol. The molecule has 0 bridgehead atoms. The molecule has 0 spiro atoms. The highest BCUT2D eigenvalue weighted by Gasteiger charge is 2.21. The topological polar surface area (TPSA) is 51.0 Å². The number of imidazole rings is 1. The molecule has 136 valence electrons. The third-order valence-corrected chi connectivity index (χ3v) is 5.74. The number of hydrogen-bond donors (Lipinski definition) is 0. The van der Waals surface area contributed by atoms with Crippen LogP contribution < -0.4 is 4.90 Å². The van der Waals surface area contributed by atoms with Gasteiger partial charge in [0.2, 0.25) is 0 Å². The van der Waals surface area contributed by atoms with E-state index in [1.165, 1.54) is 0 Å². The monoisotopic (exact) mass is 440 g/mol. The number of fused-ring (bicyclic) bond motifs is 1. The molecule has 0 N–H and O–H groups in total. The number of amides is 1.